The third-order valence-corrected chi connectivity index (χ3v) is 5.10. The number of ether oxygens (including phenoxy) is 1. The van der Waals surface area contributed by atoms with Crippen LogP contribution in [-0.4, -0.2) is 25.0 Å². The maximum Gasteiger partial charge on any atom is 0.335 e. The van der Waals surface area contributed by atoms with E-state index >= 15 is 0 Å². The number of urea groups is 1. The number of benzene rings is 2. The molecular weight excluding hydrogens is 443 g/mol. The monoisotopic (exact) mass is 456 g/mol. The molecule has 2 aromatic carbocycles. The Hall–Kier alpha value is -3.55. The minimum atomic E-state index is -0.844. The predicted molar refractivity (Wildman–Crippen MR) is 116 cm³/mol. The van der Waals surface area contributed by atoms with Crippen molar-refractivity contribution in [2.75, 3.05) is 12.0 Å². The summed E-state index contributed by atoms with van der Waals surface area (Å²) in [4.78, 5) is 38.4. The third-order valence-electron chi connectivity index (χ3n) is 4.54. The van der Waals surface area contributed by atoms with Crippen LogP contribution in [0.4, 0.5) is 10.5 Å². The molecule has 9 heteroatoms. The summed E-state index contributed by atoms with van der Waals surface area (Å²) in [6.45, 7) is 0. The van der Waals surface area contributed by atoms with Gasteiger partial charge in [0, 0.05) is 10.6 Å². The van der Waals surface area contributed by atoms with Crippen LogP contribution >= 0.6 is 23.2 Å². The van der Waals surface area contributed by atoms with Gasteiger partial charge in [-0.1, -0.05) is 23.2 Å². The zero-order valence-corrected chi connectivity index (χ0v) is 17.5. The van der Waals surface area contributed by atoms with Gasteiger partial charge in [-0.3, -0.25) is 14.9 Å². The van der Waals surface area contributed by atoms with E-state index in [2.05, 4.69) is 5.32 Å². The Morgan fingerprint density at radius 1 is 1.00 bits per heavy atom. The molecule has 0 spiro atoms. The molecule has 7 nitrogen and oxygen atoms in total. The van der Waals surface area contributed by atoms with Gasteiger partial charge in [-0.2, -0.15) is 0 Å². The Balaban J connectivity index is 1.67. The smallest absolute Gasteiger partial charge is 0.335 e. The molecule has 4 amide bonds. The lowest BCUT2D eigenvalue weighted by atomic mass is 10.1. The molecule has 0 saturated carbocycles. The van der Waals surface area contributed by atoms with Crippen LogP contribution in [0.5, 0.6) is 5.75 Å². The zero-order chi connectivity index (χ0) is 22.1. The van der Waals surface area contributed by atoms with Crippen molar-refractivity contribution in [2.24, 2.45) is 0 Å². The molecule has 156 valence electrons. The van der Waals surface area contributed by atoms with E-state index in [0.29, 0.717) is 27.1 Å². The van der Waals surface area contributed by atoms with E-state index in [1.807, 2.05) is 0 Å². The second-order valence-electron chi connectivity index (χ2n) is 6.48. The van der Waals surface area contributed by atoms with Crippen molar-refractivity contribution in [2.45, 2.75) is 0 Å². The first-order valence-electron chi connectivity index (χ1n) is 8.98. The highest BCUT2D eigenvalue weighted by Gasteiger charge is 2.37. The quantitative estimate of drug-likeness (QED) is 0.444. The molecule has 0 atom stereocenters. The molecule has 0 aliphatic carbocycles. The summed E-state index contributed by atoms with van der Waals surface area (Å²) >= 11 is 12.2. The first-order valence-corrected chi connectivity index (χ1v) is 9.74. The van der Waals surface area contributed by atoms with E-state index in [-0.39, 0.29) is 17.0 Å². The molecule has 1 aliphatic heterocycles. The van der Waals surface area contributed by atoms with Crippen LogP contribution in [0.2, 0.25) is 10.0 Å². The Morgan fingerprint density at radius 3 is 2.45 bits per heavy atom. The van der Waals surface area contributed by atoms with Crippen LogP contribution in [0.25, 0.3) is 17.4 Å². The summed E-state index contributed by atoms with van der Waals surface area (Å²) < 4.78 is 10.8. The number of anilines is 1. The van der Waals surface area contributed by atoms with Crippen LogP contribution in [0.1, 0.15) is 5.76 Å². The second-order valence-corrected chi connectivity index (χ2v) is 7.33. The SMILES string of the molecule is COc1ccc(N2C(=O)NC(=O)C(=Cc3ccc(-c4cc(Cl)ccc4Cl)o3)C2=O)cc1. The minimum absolute atomic E-state index is 0.230. The minimum Gasteiger partial charge on any atom is -0.497 e. The van der Waals surface area contributed by atoms with Gasteiger partial charge in [-0.25, -0.2) is 9.69 Å². The van der Waals surface area contributed by atoms with Crippen molar-refractivity contribution in [3.8, 4) is 17.1 Å². The fourth-order valence-corrected chi connectivity index (χ4v) is 3.41. The van der Waals surface area contributed by atoms with Crippen molar-refractivity contribution in [1.82, 2.24) is 5.32 Å². The van der Waals surface area contributed by atoms with E-state index in [9.17, 15) is 14.4 Å². The molecular formula is C22H14Cl2N2O5. The molecule has 0 unspecified atom stereocenters. The van der Waals surface area contributed by atoms with Crippen LogP contribution in [0.15, 0.2) is 64.6 Å². The normalized spacial score (nSPS) is 15.4. The van der Waals surface area contributed by atoms with E-state index in [1.165, 1.54) is 25.3 Å². The molecule has 0 radical (unpaired) electrons. The number of methoxy groups -OCH3 is 1. The number of imide groups is 2. The number of barbiturate groups is 1. The number of carbonyl (C=O) groups is 3. The summed E-state index contributed by atoms with van der Waals surface area (Å²) in [5, 5.41) is 3.07. The molecule has 1 aliphatic rings. The van der Waals surface area contributed by atoms with Crippen molar-refractivity contribution >= 4 is 52.8 Å². The zero-order valence-electron chi connectivity index (χ0n) is 16.0. The van der Waals surface area contributed by atoms with E-state index in [1.54, 1.807) is 42.5 Å². The number of amides is 4. The molecule has 1 saturated heterocycles. The highest BCUT2D eigenvalue weighted by molar-refractivity contribution is 6.39. The van der Waals surface area contributed by atoms with E-state index in [4.69, 9.17) is 32.4 Å². The van der Waals surface area contributed by atoms with Gasteiger partial charge >= 0.3 is 6.03 Å². The van der Waals surface area contributed by atoms with Gasteiger partial charge in [0.15, 0.2) is 0 Å². The van der Waals surface area contributed by atoms with E-state index in [0.717, 1.165) is 4.90 Å². The number of hydrogen-bond acceptors (Lipinski definition) is 5. The molecule has 4 rings (SSSR count). The average Bonchev–Trinajstić information content (AvgIpc) is 3.21. The van der Waals surface area contributed by atoms with Gasteiger partial charge in [0.05, 0.1) is 17.8 Å². The number of hydrogen-bond donors (Lipinski definition) is 1. The van der Waals surface area contributed by atoms with Gasteiger partial charge in [0.25, 0.3) is 11.8 Å². The molecule has 31 heavy (non-hydrogen) atoms. The molecule has 0 bridgehead atoms. The topological polar surface area (TPSA) is 88.8 Å². The lowest BCUT2D eigenvalue weighted by molar-refractivity contribution is -0.122. The van der Waals surface area contributed by atoms with Crippen molar-refractivity contribution < 1.29 is 23.5 Å². The maximum atomic E-state index is 12.9. The third kappa shape index (κ3) is 4.05. The second kappa shape index (κ2) is 8.29. The summed E-state index contributed by atoms with van der Waals surface area (Å²) in [5.74, 6) is -0.404. The maximum absolute atomic E-state index is 12.9. The van der Waals surface area contributed by atoms with Crippen molar-refractivity contribution in [3.05, 3.63) is 76.0 Å². The van der Waals surface area contributed by atoms with Gasteiger partial charge in [-0.05, 0) is 60.7 Å². The van der Waals surface area contributed by atoms with Crippen LogP contribution in [0.3, 0.4) is 0 Å². The fraction of sp³-hybridized carbons (Fsp3) is 0.0455. The number of furan rings is 1. The van der Waals surface area contributed by atoms with Gasteiger partial charge in [0.2, 0.25) is 0 Å². The first kappa shape index (κ1) is 20.7. The summed E-state index contributed by atoms with van der Waals surface area (Å²) in [6.07, 6.45) is 1.27. The average molecular weight is 457 g/mol. The lowest BCUT2D eigenvalue weighted by Gasteiger charge is -2.26. The predicted octanol–water partition coefficient (Wildman–Crippen LogP) is 4.93. The number of nitrogens with one attached hydrogen (secondary N) is 1. The standard InChI is InChI=1S/C22H14Cl2N2O5/c1-30-14-5-3-13(4-6-14)26-21(28)17(20(27)25-22(26)29)11-15-7-9-19(31-15)16-10-12(23)2-8-18(16)24/h2-11H,1H3,(H,25,27,29). The molecule has 1 N–H and O–H groups in total. The molecule has 1 aromatic heterocycles. The highest BCUT2D eigenvalue weighted by Crippen LogP contribution is 2.32. The Labute approximate surface area is 186 Å². The largest absolute Gasteiger partial charge is 0.497 e. The number of rotatable bonds is 4. The Kier molecular flexibility index (Phi) is 5.54. The Bertz CT molecular complexity index is 1230. The molecule has 3 aromatic rings. The van der Waals surface area contributed by atoms with Crippen molar-refractivity contribution in [3.63, 3.8) is 0 Å². The molecule has 1 fully saturated rings. The fourth-order valence-electron chi connectivity index (χ4n) is 3.03. The summed E-state index contributed by atoms with van der Waals surface area (Å²) in [7, 11) is 1.50. The number of carbonyl (C=O) groups excluding carboxylic acids is 3. The summed E-state index contributed by atoms with van der Waals surface area (Å²) in [6, 6.07) is 13.6. The van der Waals surface area contributed by atoms with Gasteiger partial charge in [-0.15, -0.1) is 0 Å². The van der Waals surface area contributed by atoms with Crippen molar-refractivity contribution in [1.29, 1.82) is 0 Å². The lowest BCUT2D eigenvalue weighted by Crippen LogP contribution is -2.54. The van der Waals surface area contributed by atoms with Crippen LogP contribution in [-0.2, 0) is 9.59 Å². The first-order chi connectivity index (χ1) is 14.9. The summed E-state index contributed by atoms with van der Waals surface area (Å²) in [5.41, 5.74) is 0.592. The van der Waals surface area contributed by atoms with Crippen LogP contribution < -0.4 is 15.0 Å². The van der Waals surface area contributed by atoms with E-state index < -0.39 is 17.8 Å². The Morgan fingerprint density at radius 2 is 1.74 bits per heavy atom. The highest BCUT2D eigenvalue weighted by atomic mass is 35.5. The van der Waals surface area contributed by atoms with Gasteiger partial charge in [0.1, 0.15) is 22.8 Å². The number of nitrogens with zero attached hydrogens (tertiary/aromatic N) is 1. The molecule has 2 heterocycles. The van der Waals surface area contributed by atoms with Gasteiger partial charge < -0.3 is 9.15 Å². The number of halogens is 2. The van der Waals surface area contributed by atoms with Crippen LogP contribution in [0, 0.1) is 0 Å².